The molecular formula is C25H27ClO9. The molecule has 0 radical (unpaired) electrons. The van der Waals surface area contributed by atoms with Gasteiger partial charge in [-0.05, 0) is 41.3 Å². The molecule has 2 aromatic rings. The highest BCUT2D eigenvalue weighted by molar-refractivity contribution is 6.31. The molecule has 1 heterocycles. The Bertz CT molecular complexity index is 1070. The van der Waals surface area contributed by atoms with Crippen LogP contribution >= 0.6 is 11.6 Å². The Balaban J connectivity index is 2.03. The molecule has 10 heteroatoms. The summed E-state index contributed by atoms with van der Waals surface area (Å²) in [7, 11) is 1.35. The minimum absolute atomic E-state index is 0.151. The minimum Gasteiger partial charge on any atom is -0.508 e. The van der Waals surface area contributed by atoms with Crippen LogP contribution in [-0.4, -0.2) is 54.7 Å². The second-order valence-electron chi connectivity index (χ2n) is 8.08. The van der Waals surface area contributed by atoms with E-state index < -0.39 is 48.6 Å². The topological polar surface area (TPSA) is 118 Å². The number of ether oxygens (including phenoxy) is 5. The zero-order valence-corrected chi connectivity index (χ0v) is 20.5. The van der Waals surface area contributed by atoms with Crippen molar-refractivity contribution in [3.8, 4) is 5.75 Å². The number of aromatic hydroxyl groups is 1. The molecule has 0 aromatic heterocycles. The van der Waals surface area contributed by atoms with E-state index in [0.717, 1.165) is 11.1 Å². The van der Waals surface area contributed by atoms with Crippen LogP contribution in [0.25, 0.3) is 0 Å². The van der Waals surface area contributed by atoms with Crippen molar-refractivity contribution < 1.29 is 43.2 Å². The van der Waals surface area contributed by atoms with Crippen LogP contribution in [0.3, 0.4) is 0 Å². The van der Waals surface area contributed by atoms with Gasteiger partial charge in [0.15, 0.2) is 24.6 Å². The molecule has 0 saturated carbocycles. The first kappa shape index (κ1) is 26.5. The summed E-state index contributed by atoms with van der Waals surface area (Å²) >= 11 is 6.44. The highest BCUT2D eigenvalue weighted by atomic mass is 35.5. The van der Waals surface area contributed by atoms with E-state index in [1.54, 1.807) is 42.5 Å². The van der Waals surface area contributed by atoms with Gasteiger partial charge in [-0.3, -0.25) is 14.4 Å². The molecule has 2 aromatic carbocycles. The van der Waals surface area contributed by atoms with Gasteiger partial charge in [-0.2, -0.15) is 0 Å². The quantitative estimate of drug-likeness (QED) is 0.444. The number of carbonyl (C=O) groups is 3. The molecule has 188 valence electrons. The molecule has 3 unspecified atom stereocenters. The smallest absolute Gasteiger partial charge is 0.303 e. The molecule has 0 amide bonds. The molecule has 35 heavy (non-hydrogen) atoms. The summed E-state index contributed by atoms with van der Waals surface area (Å²) in [6, 6.07) is 11.9. The summed E-state index contributed by atoms with van der Waals surface area (Å²) in [6.45, 7) is 3.60. The summed E-state index contributed by atoms with van der Waals surface area (Å²) in [5.41, 5.74) is 2.24. The van der Waals surface area contributed by atoms with Crippen molar-refractivity contribution in [3.63, 3.8) is 0 Å². The maximum absolute atomic E-state index is 12.0. The molecule has 3 rings (SSSR count). The fourth-order valence-corrected chi connectivity index (χ4v) is 4.16. The summed E-state index contributed by atoms with van der Waals surface area (Å²) in [6.07, 6.45) is -5.11. The molecule has 1 aliphatic rings. The number of esters is 3. The monoisotopic (exact) mass is 506 g/mol. The first-order chi connectivity index (χ1) is 16.6. The average molecular weight is 507 g/mol. The van der Waals surface area contributed by atoms with E-state index in [1.165, 1.54) is 27.9 Å². The Morgan fingerprint density at radius 2 is 1.46 bits per heavy atom. The highest BCUT2D eigenvalue weighted by Gasteiger charge is 2.52. The predicted octanol–water partition coefficient (Wildman–Crippen LogP) is 3.48. The fraction of sp³-hybridized carbons (Fsp3) is 0.400. The van der Waals surface area contributed by atoms with E-state index in [2.05, 4.69) is 0 Å². The normalized spacial score (nSPS) is 23.9. The molecule has 9 nitrogen and oxygen atoms in total. The number of rotatable bonds is 7. The van der Waals surface area contributed by atoms with E-state index in [9.17, 15) is 19.5 Å². The van der Waals surface area contributed by atoms with E-state index in [4.69, 9.17) is 35.3 Å². The van der Waals surface area contributed by atoms with Gasteiger partial charge in [-0.1, -0.05) is 35.9 Å². The first-order valence-electron chi connectivity index (χ1n) is 10.8. The Morgan fingerprint density at radius 1 is 0.886 bits per heavy atom. The van der Waals surface area contributed by atoms with E-state index >= 15 is 0 Å². The number of benzene rings is 2. The van der Waals surface area contributed by atoms with Gasteiger partial charge in [-0.25, -0.2) is 0 Å². The van der Waals surface area contributed by atoms with Crippen molar-refractivity contribution in [2.24, 2.45) is 0 Å². The van der Waals surface area contributed by atoms with Gasteiger partial charge >= 0.3 is 17.9 Å². The van der Waals surface area contributed by atoms with Crippen molar-refractivity contribution in [1.29, 1.82) is 0 Å². The molecule has 0 spiro atoms. The minimum atomic E-state index is -1.19. The third-order valence-corrected chi connectivity index (χ3v) is 5.73. The van der Waals surface area contributed by atoms with E-state index in [1.807, 2.05) is 0 Å². The molecular weight excluding hydrogens is 480 g/mol. The van der Waals surface area contributed by atoms with Crippen LogP contribution in [0, 0.1) is 0 Å². The Hall–Kier alpha value is -3.14. The highest BCUT2D eigenvalue weighted by Crippen LogP contribution is 2.39. The molecule has 0 bridgehead atoms. The van der Waals surface area contributed by atoms with Gasteiger partial charge < -0.3 is 28.8 Å². The van der Waals surface area contributed by atoms with Crippen molar-refractivity contribution >= 4 is 29.5 Å². The molecule has 5 atom stereocenters. The van der Waals surface area contributed by atoms with Crippen LogP contribution in [0.15, 0.2) is 42.5 Å². The van der Waals surface area contributed by atoms with E-state index in [-0.39, 0.29) is 5.75 Å². The number of phenols is 1. The van der Waals surface area contributed by atoms with Gasteiger partial charge in [0.1, 0.15) is 11.9 Å². The molecule has 1 fully saturated rings. The number of hydrogen-bond donors (Lipinski definition) is 1. The number of carbonyl (C=O) groups excluding carboxylic acids is 3. The van der Waals surface area contributed by atoms with Crippen molar-refractivity contribution in [2.45, 2.75) is 57.9 Å². The standard InChI is InChI=1S/C25H27ClO9/c1-13(27)32-22-21(35-25(31-4)24(34-15(3)29)23(22)33-14(2)28)17-7-10-20(26)18(12-17)11-16-5-8-19(30)9-6-16/h5-10,12,21-25,30H,11H2,1-4H3/t21?,22?,23?,24-,25-/m0/s1. The SMILES string of the molecule is CO[C@H]1OC(c2ccc(Cl)c(Cc3ccc(O)cc3)c2)C(OC(C)=O)C(OC(C)=O)[C@@H]1OC(C)=O. The lowest BCUT2D eigenvalue weighted by molar-refractivity contribution is -0.300. The van der Waals surface area contributed by atoms with Crippen molar-refractivity contribution in [3.05, 3.63) is 64.2 Å². The molecule has 1 N–H and O–H groups in total. The number of phenolic OH excluding ortho intramolecular Hbond substituents is 1. The second kappa shape index (κ2) is 11.5. The predicted molar refractivity (Wildman–Crippen MR) is 124 cm³/mol. The summed E-state index contributed by atoms with van der Waals surface area (Å²) in [5.74, 6) is -1.81. The lowest BCUT2D eigenvalue weighted by Crippen LogP contribution is -2.58. The molecule has 0 aliphatic carbocycles. The Morgan fingerprint density at radius 3 is 2.03 bits per heavy atom. The number of halogens is 1. The summed E-state index contributed by atoms with van der Waals surface area (Å²) < 4.78 is 27.8. The van der Waals surface area contributed by atoms with Crippen molar-refractivity contribution in [1.82, 2.24) is 0 Å². The first-order valence-corrected chi connectivity index (χ1v) is 11.2. The van der Waals surface area contributed by atoms with Gasteiger partial charge in [-0.15, -0.1) is 0 Å². The largest absolute Gasteiger partial charge is 0.508 e. The average Bonchev–Trinajstić information content (AvgIpc) is 2.78. The van der Waals surface area contributed by atoms with E-state index in [0.29, 0.717) is 17.0 Å². The molecule has 1 aliphatic heterocycles. The third-order valence-electron chi connectivity index (χ3n) is 5.36. The van der Waals surface area contributed by atoms with Crippen LogP contribution in [0.5, 0.6) is 5.75 Å². The van der Waals surface area contributed by atoms with Crippen LogP contribution in [0.4, 0.5) is 0 Å². The molecule has 1 saturated heterocycles. The maximum atomic E-state index is 12.0. The fourth-order valence-electron chi connectivity index (χ4n) is 3.97. The van der Waals surface area contributed by atoms with Gasteiger partial charge in [0.25, 0.3) is 0 Å². The van der Waals surface area contributed by atoms with Crippen molar-refractivity contribution in [2.75, 3.05) is 7.11 Å². The zero-order chi connectivity index (χ0) is 25.7. The summed E-state index contributed by atoms with van der Waals surface area (Å²) in [4.78, 5) is 35.7. The second-order valence-corrected chi connectivity index (χ2v) is 8.48. The van der Waals surface area contributed by atoms with Crippen LogP contribution in [0.1, 0.15) is 43.6 Å². The van der Waals surface area contributed by atoms with Crippen LogP contribution < -0.4 is 0 Å². The maximum Gasteiger partial charge on any atom is 0.303 e. The van der Waals surface area contributed by atoms with Gasteiger partial charge in [0.05, 0.1) is 0 Å². The third kappa shape index (κ3) is 6.72. The Kier molecular flexibility index (Phi) is 8.71. The summed E-state index contributed by atoms with van der Waals surface area (Å²) in [5, 5.41) is 10.0. The lowest BCUT2D eigenvalue weighted by atomic mass is 9.91. The zero-order valence-electron chi connectivity index (χ0n) is 19.7. The van der Waals surface area contributed by atoms with Gasteiger partial charge in [0.2, 0.25) is 0 Å². The Labute approximate surface area is 207 Å². The van der Waals surface area contributed by atoms with Crippen LogP contribution in [-0.2, 0) is 44.5 Å². The number of methoxy groups -OCH3 is 1. The van der Waals surface area contributed by atoms with Gasteiger partial charge in [0, 0.05) is 32.9 Å². The number of hydrogen-bond acceptors (Lipinski definition) is 9. The lowest BCUT2D eigenvalue weighted by Gasteiger charge is -2.44. The van der Waals surface area contributed by atoms with Crippen LogP contribution in [0.2, 0.25) is 5.02 Å².